The predicted molar refractivity (Wildman–Crippen MR) is 144 cm³/mol. The summed E-state index contributed by atoms with van der Waals surface area (Å²) in [6.07, 6.45) is 1.51. The number of anilines is 2. The van der Waals surface area contributed by atoms with Crippen LogP contribution >= 0.6 is 0 Å². The summed E-state index contributed by atoms with van der Waals surface area (Å²) < 4.78 is 17.3. The highest BCUT2D eigenvalue weighted by Gasteiger charge is 2.23. The molecule has 0 aliphatic heterocycles. The molecule has 0 aliphatic rings. The average molecular weight is 533 g/mol. The van der Waals surface area contributed by atoms with Crippen LogP contribution in [0.3, 0.4) is 0 Å². The minimum atomic E-state index is -0.696. The van der Waals surface area contributed by atoms with Gasteiger partial charge in [0.2, 0.25) is 0 Å². The Hall–Kier alpha value is -5.33. The Morgan fingerprint density at radius 3 is 2.56 bits per heavy atom. The second-order valence-electron chi connectivity index (χ2n) is 8.34. The summed E-state index contributed by atoms with van der Waals surface area (Å²) in [6, 6.07) is 14.7. The van der Waals surface area contributed by atoms with Crippen LogP contribution in [0, 0.1) is 5.41 Å². The molecule has 0 saturated carbocycles. The Morgan fingerprint density at radius 2 is 1.90 bits per heavy atom. The first kappa shape index (κ1) is 26.7. The first-order chi connectivity index (χ1) is 18.7. The van der Waals surface area contributed by atoms with Gasteiger partial charge < -0.3 is 31.0 Å². The van der Waals surface area contributed by atoms with Crippen molar-refractivity contribution in [3.8, 4) is 17.3 Å². The van der Waals surface area contributed by atoms with E-state index in [2.05, 4.69) is 20.4 Å². The Labute approximate surface area is 223 Å². The molecule has 0 aliphatic carbocycles. The summed E-state index contributed by atoms with van der Waals surface area (Å²) in [5, 5.41) is 15.5. The number of rotatable bonds is 11. The molecule has 2 aromatic heterocycles. The monoisotopic (exact) mass is 532 g/mol. The molecule has 2 aromatic carbocycles. The molecule has 4 rings (SSSR count). The van der Waals surface area contributed by atoms with Gasteiger partial charge in [0.25, 0.3) is 0 Å². The molecule has 4 aromatic rings. The van der Waals surface area contributed by atoms with Crippen LogP contribution in [0.15, 0.2) is 65.6 Å². The number of benzene rings is 2. The molecule has 0 radical (unpaired) electrons. The quantitative estimate of drug-likeness (QED) is 0.0824. The van der Waals surface area contributed by atoms with E-state index in [1.165, 1.54) is 20.2 Å². The number of aromatic amines is 1. The molecule has 0 bridgehead atoms. The minimum Gasteiger partial charge on any atom is -0.497 e. The third kappa shape index (κ3) is 6.52. The van der Waals surface area contributed by atoms with Gasteiger partial charge in [-0.25, -0.2) is 9.78 Å². The molecule has 13 heteroatoms. The standard InChI is InChI=1S/C26H28N8O5/c1-15(35)38-10-11-39-20-13-17(12-19(14-20)37-2)22(31-18-7-5-16(6-8-18)23(28)29)24-32-26(36)34(33-24)25-21(27)4-3-9-30-25/h3-9,12-14,22,31H,10-11,27H2,1-2H3,(H3,28,29)(H,32,33,36). The molecule has 2 heterocycles. The number of hydrogen-bond donors (Lipinski definition) is 5. The number of H-pyrrole nitrogens is 1. The highest BCUT2D eigenvalue weighted by atomic mass is 16.6. The van der Waals surface area contributed by atoms with Gasteiger partial charge in [0.15, 0.2) is 11.6 Å². The molecule has 0 spiro atoms. The summed E-state index contributed by atoms with van der Waals surface area (Å²) in [4.78, 5) is 31.0. The second kappa shape index (κ2) is 11.8. The van der Waals surface area contributed by atoms with E-state index in [4.69, 9.17) is 31.1 Å². The Bertz CT molecular complexity index is 1530. The minimum absolute atomic E-state index is 0.0579. The lowest BCUT2D eigenvalue weighted by Crippen LogP contribution is -2.18. The molecular weight excluding hydrogens is 504 g/mol. The number of nitrogens with two attached hydrogens (primary N) is 2. The molecule has 0 fully saturated rings. The summed E-state index contributed by atoms with van der Waals surface area (Å²) >= 11 is 0. The molecule has 13 nitrogen and oxygen atoms in total. The van der Waals surface area contributed by atoms with Crippen molar-refractivity contribution < 1.29 is 19.0 Å². The average Bonchev–Trinajstić information content (AvgIpc) is 3.30. The van der Waals surface area contributed by atoms with Crippen molar-refractivity contribution in [2.24, 2.45) is 5.73 Å². The van der Waals surface area contributed by atoms with Crippen molar-refractivity contribution in [2.75, 3.05) is 31.4 Å². The number of esters is 1. The van der Waals surface area contributed by atoms with Crippen molar-refractivity contribution in [3.63, 3.8) is 0 Å². The van der Waals surface area contributed by atoms with Crippen LogP contribution < -0.4 is 31.9 Å². The fourth-order valence-corrected chi connectivity index (χ4v) is 3.73. The smallest absolute Gasteiger partial charge is 0.349 e. The predicted octanol–water partition coefficient (Wildman–Crippen LogP) is 1.97. The van der Waals surface area contributed by atoms with Crippen molar-refractivity contribution in [1.29, 1.82) is 5.41 Å². The lowest BCUT2D eigenvalue weighted by Gasteiger charge is -2.20. The number of nitrogens with zero attached hydrogens (tertiary/aromatic N) is 3. The van der Waals surface area contributed by atoms with E-state index in [-0.39, 0.29) is 36.4 Å². The summed E-state index contributed by atoms with van der Waals surface area (Å²) in [6.45, 7) is 1.53. The van der Waals surface area contributed by atoms with Crippen molar-refractivity contribution >= 4 is 23.2 Å². The van der Waals surface area contributed by atoms with Crippen molar-refractivity contribution in [2.45, 2.75) is 13.0 Å². The molecule has 1 unspecified atom stereocenters. The van der Waals surface area contributed by atoms with Crippen LogP contribution in [-0.4, -0.2) is 51.9 Å². The number of amidine groups is 1. The lowest BCUT2D eigenvalue weighted by atomic mass is 10.0. The van der Waals surface area contributed by atoms with E-state index >= 15 is 0 Å². The van der Waals surface area contributed by atoms with Gasteiger partial charge in [-0.1, -0.05) is 0 Å². The number of nitrogen functional groups attached to an aromatic ring is 2. The van der Waals surface area contributed by atoms with Gasteiger partial charge in [-0.3, -0.25) is 15.2 Å². The molecule has 0 saturated heterocycles. The van der Waals surface area contributed by atoms with Gasteiger partial charge in [-0.2, -0.15) is 4.68 Å². The van der Waals surface area contributed by atoms with Crippen molar-refractivity contribution in [3.05, 3.63) is 88.2 Å². The number of carbonyl (C=O) groups is 1. The van der Waals surface area contributed by atoms with E-state index < -0.39 is 17.7 Å². The fraction of sp³-hybridized carbons (Fsp3) is 0.192. The topological polar surface area (TPSA) is 196 Å². The highest BCUT2D eigenvalue weighted by Crippen LogP contribution is 2.31. The maximum absolute atomic E-state index is 12.9. The van der Waals surface area contributed by atoms with Crippen LogP contribution in [0.1, 0.15) is 29.9 Å². The number of nitrogens with one attached hydrogen (secondary N) is 3. The zero-order chi connectivity index (χ0) is 27.9. The Kier molecular flexibility index (Phi) is 8.09. The molecule has 202 valence electrons. The maximum Gasteiger partial charge on any atom is 0.349 e. The third-order valence-corrected chi connectivity index (χ3v) is 5.56. The number of pyridine rings is 1. The van der Waals surface area contributed by atoms with Crippen LogP contribution in [0.2, 0.25) is 0 Å². The molecule has 0 amide bonds. The number of carbonyl (C=O) groups excluding carboxylic acids is 1. The van der Waals surface area contributed by atoms with Crippen LogP contribution in [-0.2, 0) is 9.53 Å². The van der Waals surface area contributed by atoms with Gasteiger partial charge in [0.05, 0.1) is 12.8 Å². The van der Waals surface area contributed by atoms with Gasteiger partial charge >= 0.3 is 11.7 Å². The SMILES string of the molecule is COc1cc(OCCOC(C)=O)cc(C(Nc2ccc(C(=N)N)cc2)c2nn(-c3ncccc3N)c(=O)[nH]2)c1. The van der Waals surface area contributed by atoms with E-state index in [1.807, 2.05) is 0 Å². The van der Waals surface area contributed by atoms with E-state index in [0.29, 0.717) is 28.3 Å². The van der Waals surface area contributed by atoms with E-state index in [0.717, 1.165) is 4.68 Å². The zero-order valence-electron chi connectivity index (χ0n) is 21.3. The van der Waals surface area contributed by atoms with E-state index in [1.54, 1.807) is 54.6 Å². The van der Waals surface area contributed by atoms with Crippen LogP contribution in [0.25, 0.3) is 5.82 Å². The van der Waals surface area contributed by atoms with Crippen LogP contribution in [0.5, 0.6) is 11.5 Å². The van der Waals surface area contributed by atoms with Gasteiger partial charge in [0, 0.05) is 30.4 Å². The van der Waals surface area contributed by atoms with Crippen molar-refractivity contribution in [1.82, 2.24) is 19.7 Å². The normalized spacial score (nSPS) is 11.4. The third-order valence-electron chi connectivity index (χ3n) is 5.56. The molecule has 39 heavy (non-hydrogen) atoms. The zero-order valence-corrected chi connectivity index (χ0v) is 21.3. The maximum atomic E-state index is 12.9. The summed E-state index contributed by atoms with van der Waals surface area (Å²) in [5.41, 5.74) is 13.2. The Balaban J connectivity index is 1.75. The van der Waals surface area contributed by atoms with E-state index in [9.17, 15) is 9.59 Å². The lowest BCUT2D eigenvalue weighted by molar-refractivity contribution is -0.141. The molecule has 1 atom stereocenters. The first-order valence-electron chi connectivity index (χ1n) is 11.8. The molecular formula is C26H28N8O5. The summed E-state index contributed by atoms with van der Waals surface area (Å²) in [7, 11) is 1.52. The summed E-state index contributed by atoms with van der Waals surface area (Å²) in [5.74, 6) is 0.931. The fourth-order valence-electron chi connectivity index (χ4n) is 3.73. The largest absolute Gasteiger partial charge is 0.497 e. The highest BCUT2D eigenvalue weighted by molar-refractivity contribution is 5.95. The number of aromatic nitrogens is 4. The van der Waals surface area contributed by atoms with Gasteiger partial charge in [-0.05, 0) is 54.1 Å². The number of ether oxygens (including phenoxy) is 3. The first-order valence-corrected chi connectivity index (χ1v) is 11.8. The number of methoxy groups -OCH3 is 1. The van der Waals surface area contributed by atoms with Crippen LogP contribution in [0.4, 0.5) is 11.4 Å². The second-order valence-corrected chi connectivity index (χ2v) is 8.34. The number of hydrogen-bond acceptors (Lipinski definition) is 10. The molecule has 7 N–H and O–H groups in total. The Morgan fingerprint density at radius 1 is 1.15 bits per heavy atom. The van der Waals surface area contributed by atoms with Gasteiger partial charge in [0.1, 0.15) is 36.6 Å². The van der Waals surface area contributed by atoms with Gasteiger partial charge in [-0.15, -0.1) is 5.10 Å².